The molecule has 0 radical (unpaired) electrons. The van der Waals surface area contributed by atoms with E-state index in [1.54, 1.807) is 6.20 Å². The lowest BCUT2D eigenvalue weighted by atomic mass is 9.93. The molecule has 1 fully saturated rings. The molecule has 0 aromatic carbocycles. The normalized spacial score (nSPS) is 24.2. The van der Waals surface area contributed by atoms with E-state index in [4.69, 9.17) is 16.3 Å². The van der Waals surface area contributed by atoms with Crippen LogP contribution in [0.15, 0.2) is 12.4 Å². The molecule has 0 aliphatic carbocycles. The molecule has 2 atom stereocenters. The molecular formula is C12H18ClN3O. The van der Waals surface area contributed by atoms with E-state index >= 15 is 0 Å². The smallest absolute Gasteiger partial charge is 0.149 e. The Morgan fingerprint density at radius 2 is 2.35 bits per heavy atom. The predicted molar refractivity (Wildman–Crippen MR) is 68.2 cm³/mol. The van der Waals surface area contributed by atoms with Crippen LogP contribution < -0.4 is 5.32 Å². The topological polar surface area (TPSA) is 47.0 Å². The molecule has 1 aliphatic heterocycles. The number of nitrogens with zero attached hydrogens (tertiary/aromatic N) is 2. The predicted octanol–water partition coefficient (Wildman–Crippen LogP) is 2.60. The van der Waals surface area contributed by atoms with Crippen molar-refractivity contribution < 1.29 is 4.74 Å². The van der Waals surface area contributed by atoms with Crippen LogP contribution >= 0.6 is 11.6 Å². The molecular weight excluding hydrogens is 238 g/mol. The van der Waals surface area contributed by atoms with Crippen LogP contribution in [0.2, 0.25) is 5.15 Å². The molecule has 17 heavy (non-hydrogen) atoms. The van der Waals surface area contributed by atoms with Gasteiger partial charge in [0.15, 0.2) is 0 Å². The second-order valence-corrected chi connectivity index (χ2v) is 5.12. The highest BCUT2D eigenvalue weighted by Crippen LogP contribution is 2.26. The lowest BCUT2D eigenvalue weighted by Crippen LogP contribution is -2.28. The summed E-state index contributed by atoms with van der Waals surface area (Å²) < 4.78 is 5.74. The van der Waals surface area contributed by atoms with Gasteiger partial charge in [-0.1, -0.05) is 25.4 Å². The van der Waals surface area contributed by atoms with Crippen molar-refractivity contribution in [2.45, 2.75) is 26.4 Å². The summed E-state index contributed by atoms with van der Waals surface area (Å²) in [5, 5.41) is 3.69. The first-order valence-electron chi connectivity index (χ1n) is 6.00. The molecule has 0 amide bonds. The summed E-state index contributed by atoms with van der Waals surface area (Å²) in [5.74, 6) is 1.82. The van der Waals surface area contributed by atoms with Crippen molar-refractivity contribution in [3.05, 3.63) is 17.5 Å². The number of anilines is 1. The Balaban J connectivity index is 1.89. The Hall–Kier alpha value is -0.870. The Kier molecular flexibility index (Phi) is 4.18. The third-order valence-electron chi connectivity index (χ3n) is 3.07. The van der Waals surface area contributed by atoms with Crippen molar-refractivity contribution in [2.24, 2.45) is 11.8 Å². The van der Waals surface area contributed by atoms with Gasteiger partial charge in [-0.2, -0.15) is 0 Å². The van der Waals surface area contributed by atoms with E-state index in [0.29, 0.717) is 23.1 Å². The number of ether oxygens (including phenoxy) is 1. The first-order chi connectivity index (χ1) is 8.16. The van der Waals surface area contributed by atoms with Gasteiger partial charge in [0.05, 0.1) is 18.5 Å². The second-order valence-electron chi connectivity index (χ2n) is 4.74. The van der Waals surface area contributed by atoms with Gasteiger partial charge < -0.3 is 10.1 Å². The largest absolute Gasteiger partial charge is 0.378 e. The average Bonchev–Trinajstić information content (AvgIpc) is 2.74. The second kappa shape index (κ2) is 5.65. The van der Waals surface area contributed by atoms with Crippen LogP contribution in [0.4, 0.5) is 5.82 Å². The van der Waals surface area contributed by atoms with Crippen molar-refractivity contribution >= 4 is 17.4 Å². The van der Waals surface area contributed by atoms with Gasteiger partial charge in [0.1, 0.15) is 11.0 Å². The third-order valence-corrected chi connectivity index (χ3v) is 3.25. The molecule has 0 unspecified atom stereocenters. The molecule has 5 heteroatoms. The van der Waals surface area contributed by atoms with Crippen molar-refractivity contribution in [2.75, 3.05) is 18.5 Å². The Morgan fingerprint density at radius 1 is 1.53 bits per heavy atom. The first-order valence-corrected chi connectivity index (χ1v) is 6.37. The van der Waals surface area contributed by atoms with Gasteiger partial charge in [0.2, 0.25) is 0 Å². The van der Waals surface area contributed by atoms with Crippen LogP contribution in [0, 0.1) is 11.8 Å². The molecule has 0 spiro atoms. The number of nitrogens with one attached hydrogen (secondary N) is 1. The number of hydrogen-bond acceptors (Lipinski definition) is 4. The Morgan fingerprint density at radius 3 is 3.06 bits per heavy atom. The maximum absolute atomic E-state index is 5.78. The molecule has 1 aromatic heterocycles. The van der Waals surface area contributed by atoms with E-state index in [9.17, 15) is 0 Å². The monoisotopic (exact) mass is 255 g/mol. The van der Waals surface area contributed by atoms with Crippen LogP contribution in [0.1, 0.15) is 20.3 Å². The Bertz CT molecular complexity index is 373. The van der Waals surface area contributed by atoms with Crippen molar-refractivity contribution in [3.8, 4) is 0 Å². The molecule has 4 nitrogen and oxygen atoms in total. The van der Waals surface area contributed by atoms with E-state index in [2.05, 4.69) is 29.1 Å². The summed E-state index contributed by atoms with van der Waals surface area (Å²) >= 11 is 5.78. The maximum atomic E-state index is 5.78. The van der Waals surface area contributed by atoms with Gasteiger partial charge in [-0.3, -0.25) is 4.98 Å². The number of aromatic nitrogens is 2. The average molecular weight is 256 g/mol. The fourth-order valence-electron chi connectivity index (χ4n) is 2.27. The molecule has 1 aliphatic rings. The highest BCUT2D eigenvalue weighted by Gasteiger charge is 2.30. The lowest BCUT2D eigenvalue weighted by molar-refractivity contribution is 0.0566. The molecule has 2 rings (SSSR count). The summed E-state index contributed by atoms with van der Waals surface area (Å²) in [7, 11) is 0. The summed E-state index contributed by atoms with van der Waals surface area (Å²) in [5.41, 5.74) is 0. The highest BCUT2D eigenvalue weighted by molar-refractivity contribution is 6.29. The van der Waals surface area contributed by atoms with Gasteiger partial charge in [-0.25, -0.2) is 4.98 Å². The van der Waals surface area contributed by atoms with Crippen LogP contribution in [-0.2, 0) is 4.74 Å². The molecule has 1 aromatic rings. The van der Waals surface area contributed by atoms with Crippen molar-refractivity contribution in [3.63, 3.8) is 0 Å². The lowest BCUT2D eigenvalue weighted by Gasteiger charge is -2.22. The molecule has 1 saturated heterocycles. The van der Waals surface area contributed by atoms with Gasteiger partial charge in [0.25, 0.3) is 0 Å². The van der Waals surface area contributed by atoms with E-state index in [1.807, 2.05) is 0 Å². The standard InChI is InChI=1S/C12H18ClN3O/c1-8(2)12-9(3-4-17-12)5-15-11-7-14-6-10(13)16-11/h6-9,12H,3-5H2,1-2H3,(H,15,16)/t9-,12-/m1/s1. The minimum atomic E-state index is 0.342. The first kappa shape index (κ1) is 12.6. The van der Waals surface area contributed by atoms with E-state index in [0.717, 1.165) is 25.4 Å². The number of halogens is 1. The SMILES string of the molecule is CC(C)[C@H]1OCC[C@@H]1CNc1cncc(Cl)n1. The zero-order chi connectivity index (χ0) is 12.3. The summed E-state index contributed by atoms with van der Waals surface area (Å²) in [6.07, 6.45) is 4.66. The third kappa shape index (κ3) is 3.30. The molecule has 1 N–H and O–H groups in total. The van der Waals surface area contributed by atoms with Crippen LogP contribution in [0.5, 0.6) is 0 Å². The van der Waals surface area contributed by atoms with Crippen LogP contribution in [0.25, 0.3) is 0 Å². The minimum Gasteiger partial charge on any atom is -0.378 e. The number of rotatable bonds is 4. The molecule has 2 heterocycles. The van der Waals surface area contributed by atoms with Crippen molar-refractivity contribution in [1.82, 2.24) is 9.97 Å². The quantitative estimate of drug-likeness (QED) is 0.899. The summed E-state index contributed by atoms with van der Waals surface area (Å²) in [4.78, 5) is 8.15. The fraction of sp³-hybridized carbons (Fsp3) is 0.667. The molecule has 0 saturated carbocycles. The van der Waals surface area contributed by atoms with Crippen molar-refractivity contribution in [1.29, 1.82) is 0 Å². The van der Waals surface area contributed by atoms with Crippen LogP contribution in [-0.4, -0.2) is 29.2 Å². The van der Waals surface area contributed by atoms with Gasteiger partial charge in [0, 0.05) is 19.1 Å². The zero-order valence-electron chi connectivity index (χ0n) is 10.2. The minimum absolute atomic E-state index is 0.342. The van der Waals surface area contributed by atoms with Gasteiger partial charge >= 0.3 is 0 Å². The van der Waals surface area contributed by atoms with E-state index in [1.165, 1.54) is 6.20 Å². The van der Waals surface area contributed by atoms with Crippen LogP contribution in [0.3, 0.4) is 0 Å². The van der Waals surface area contributed by atoms with E-state index < -0.39 is 0 Å². The number of hydrogen-bond donors (Lipinski definition) is 1. The van der Waals surface area contributed by atoms with Gasteiger partial charge in [-0.05, 0) is 12.3 Å². The molecule has 0 bridgehead atoms. The van der Waals surface area contributed by atoms with E-state index in [-0.39, 0.29) is 0 Å². The zero-order valence-corrected chi connectivity index (χ0v) is 10.9. The Labute approximate surface area is 107 Å². The van der Waals surface area contributed by atoms with Gasteiger partial charge in [-0.15, -0.1) is 0 Å². The fourth-order valence-corrected chi connectivity index (χ4v) is 2.42. The summed E-state index contributed by atoms with van der Waals surface area (Å²) in [6, 6.07) is 0. The molecule has 94 valence electrons. The highest BCUT2D eigenvalue weighted by atomic mass is 35.5. The maximum Gasteiger partial charge on any atom is 0.149 e. The summed E-state index contributed by atoms with van der Waals surface area (Å²) in [6.45, 7) is 6.11.